The van der Waals surface area contributed by atoms with E-state index in [0.717, 1.165) is 90.3 Å². The predicted octanol–water partition coefficient (Wildman–Crippen LogP) is 4.88. The van der Waals surface area contributed by atoms with Gasteiger partial charge in [-0.05, 0) is 87.9 Å². The molecule has 232 valence electrons. The summed E-state index contributed by atoms with van der Waals surface area (Å²) >= 11 is 0. The highest BCUT2D eigenvalue weighted by Gasteiger charge is 2.16. The number of aromatic amines is 1. The van der Waals surface area contributed by atoms with Crippen LogP contribution in [0.2, 0.25) is 0 Å². The van der Waals surface area contributed by atoms with Crippen molar-refractivity contribution in [3.8, 4) is 11.3 Å². The number of pyridine rings is 2. The Kier molecular flexibility index (Phi) is 8.68. The fourth-order valence-corrected chi connectivity index (χ4v) is 6.30. The molecular weight excluding hydrogens is 562 g/mol. The van der Waals surface area contributed by atoms with E-state index in [1.54, 1.807) is 6.20 Å². The Balaban J connectivity index is 1.05. The molecule has 0 aliphatic carbocycles. The maximum atomic E-state index is 12.9. The number of carbonyl (C=O) groups excluding carboxylic acids is 1. The monoisotopic (exact) mass is 603 g/mol. The van der Waals surface area contributed by atoms with Crippen LogP contribution in [0.15, 0.2) is 67.0 Å². The zero-order valence-corrected chi connectivity index (χ0v) is 25.9. The average Bonchev–Trinajstić information content (AvgIpc) is 3.74. The quantitative estimate of drug-likeness (QED) is 0.194. The van der Waals surface area contributed by atoms with Gasteiger partial charge in [-0.1, -0.05) is 18.2 Å². The summed E-state index contributed by atoms with van der Waals surface area (Å²) in [6, 6.07) is 18.7. The standard InChI is InChI=1S/C35H41N9O/c1-42-17-19-43(20-18-42)16-4-12-37-35(45)34-40-30-10-7-26(21-33(30)41-34)31-22-32(28-23-36-13-11-29(28)39-31)38-27-8-5-25(6-9-27)24-44-14-2-3-15-44/h5-11,13,21-23H,2-4,12,14-20,24H2,1H3,(H,37,45)(H,38,39)(H,40,41). The third-order valence-electron chi connectivity index (χ3n) is 8.97. The number of likely N-dealkylation sites (tertiary alicyclic amines) is 1. The molecule has 0 unspecified atom stereocenters. The van der Waals surface area contributed by atoms with Gasteiger partial charge in [0.05, 0.1) is 27.9 Å². The zero-order valence-electron chi connectivity index (χ0n) is 25.9. The van der Waals surface area contributed by atoms with E-state index < -0.39 is 0 Å². The first kappa shape index (κ1) is 29.3. The Hall–Kier alpha value is -4.38. The van der Waals surface area contributed by atoms with Crippen LogP contribution < -0.4 is 10.6 Å². The Morgan fingerprint density at radius 3 is 2.53 bits per heavy atom. The largest absolute Gasteiger partial charge is 0.355 e. The first-order valence-electron chi connectivity index (χ1n) is 16.1. The van der Waals surface area contributed by atoms with Crippen LogP contribution in [-0.4, -0.2) is 99.9 Å². The number of piperazine rings is 1. The van der Waals surface area contributed by atoms with Crippen molar-refractivity contribution in [3.05, 3.63) is 78.4 Å². The third-order valence-corrected chi connectivity index (χ3v) is 8.97. The normalized spacial score (nSPS) is 16.5. The maximum absolute atomic E-state index is 12.9. The zero-order chi connectivity index (χ0) is 30.6. The van der Waals surface area contributed by atoms with Crippen molar-refractivity contribution in [1.82, 2.24) is 40.0 Å². The highest BCUT2D eigenvalue weighted by Crippen LogP contribution is 2.31. The highest BCUT2D eigenvalue weighted by atomic mass is 16.2. The molecule has 3 aromatic heterocycles. The van der Waals surface area contributed by atoms with Gasteiger partial charge in [0.15, 0.2) is 5.82 Å². The minimum atomic E-state index is -0.180. The van der Waals surface area contributed by atoms with Gasteiger partial charge in [-0.25, -0.2) is 9.97 Å². The van der Waals surface area contributed by atoms with Gasteiger partial charge in [-0.2, -0.15) is 0 Å². The number of aromatic nitrogens is 4. The molecule has 0 atom stereocenters. The summed E-state index contributed by atoms with van der Waals surface area (Å²) in [7, 11) is 2.16. The van der Waals surface area contributed by atoms with Crippen LogP contribution in [0.3, 0.4) is 0 Å². The van der Waals surface area contributed by atoms with E-state index in [0.29, 0.717) is 12.4 Å². The van der Waals surface area contributed by atoms with Gasteiger partial charge >= 0.3 is 0 Å². The molecule has 2 saturated heterocycles. The molecule has 45 heavy (non-hydrogen) atoms. The third kappa shape index (κ3) is 6.98. The van der Waals surface area contributed by atoms with Crippen molar-refractivity contribution in [2.24, 2.45) is 0 Å². The molecule has 2 fully saturated rings. The molecule has 0 saturated carbocycles. The first-order chi connectivity index (χ1) is 22.1. The molecule has 2 aliphatic rings. The summed E-state index contributed by atoms with van der Waals surface area (Å²) in [4.78, 5) is 37.3. The van der Waals surface area contributed by atoms with Crippen molar-refractivity contribution in [2.75, 3.05) is 64.7 Å². The van der Waals surface area contributed by atoms with Gasteiger partial charge in [0, 0.05) is 68.3 Å². The Morgan fingerprint density at radius 2 is 1.71 bits per heavy atom. The van der Waals surface area contributed by atoms with Crippen LogP contribution in [0.5, 0.6) is 0 Å². The van der Waals surface area contributed by atoms with Gasteiger partial charge in [-0.3, -0.25) is 14.7 Å². The van der Waals surface area contributed by atoms with Crippen molar-refractivity contribution in [3.63, 3.8) is 0 Å². The van der Waals surface area contributed by atoms with E-state index in [2.05, 4.69) is 77.7 Å². The Bertz CT molecular complexity index is 1770. The molecule has 5 aromatic rings. The number of benzene rings is 2. The smallest absolute Gasteiger partial charge is 0.287 e. The number of hydrogen-bond donors (Lipinski definition) is 3. The molecule has 1 amide bonds. The lowest BCUT2D eigenvalue weighted by Crippen LogP contribution is -2.45. The summed E-state index contributed by atoms with van der Waals surface area (Å²) in [5, 5.41) is 7.59. The summed E-state index contributed by atoms with van der Waals surface area (Å²) in [5.41, 5.74) is 7.44. The van der Waals surface area contributed by atoms with E-state index >= 15 is 0 Å². The molecule has 0 radical (unpaired) electrons. The lowest BCUT2D eigenvalue weighted by atomic mass is 10.1. The predicted molar refractivity (Wildman–Crippen MR) is 180 cm³/mol. The lowest BCUT2D eigenvalue weighted by molar-refractivity contribution is 0.0940. The fraction of sp³-hybridized carbons (Fsp3) is 0.371. The molecule has 0 spiro atoms. The topological polar surface area (TPSA) is 105 Å². The molecule has 10 heteroatoms. The molecule has 3 N–H and O–H groups in total. The maximum Gasteiger partial charge on any atom is 0.287 e. The fourth-order valence-electron chi connectivity index (χ4n) is 6.30. The van der Waals surface area contributed by atoms with Gasteiger partial charge in [0.25, 0.3) is 5.91 Å². The van der Waals surface area contributed by atoms with E-state index in [1.807, 2.05) is 30.5 Å². The van der Waals surface area contributed by atoms with Crippen molar-refractivity contribution >= 4 is 39.2 Å². The summed E-state index contributed by atoms with van der Waals surface area (Å²) in [6.45, 7) is 9.37. The van der Waals surface area contributed by atoms with E-state index in [-0.39, 0.29) is 5.91 Å². The number of amides is 1. The van der Waals surface area contributed by atoms with Crippen LogP contribution in [0.1, 0.15) is 35.4 Å². The van der Waals surface area contributed by atoms with Gasteiger partial charge in [-0.15, -0.1) is 0 Å². The van der Waals surface area contributed by atoms with Crippen molar-refractivity contribution < 1.29 is 4.79 Å². The number of likely N-dealkylation sites (N-methyl/N-ethyl adjacent to an activating group) is 1. The lowest BCUT2D eigenvalue weighted by Gasteiger charge is -2.32. The van der Waals surface area contributed by atoms with Gasteiger partial charge in [0.1, 0.15) is 0 Å². The SMILES string of the molecule is CN1CCN(CCCNC(=O)c2nc3cc(-c4cc(Nc5ccc(CN6CCCC6)cc5)c5cnccc5n4)ccc3[nH]2)CC1. The summed E-state index contributed by atoms with van der Waals surface area (Å²) in [6.07, 6.45) is 7.13. The first-order valence-corrected chi connectivity index (χ1v) is 16.1. The van der Waals surface area contributed by atoms with Crippen LogP contribution in [0, 0.1) is 0 Å². The summed E-state index contributed by atoms with van der Waals surface area (Å²) in [5.74, 6) is 0.148. The van der Waals surface area contributed by atoms with E-state index in [4.69, 9.17) is 4.98 Å². The van der Waals surface area contributed by atoms with Crippen LogP contribution in [0.4, 0.5) is 11.4 Å². The molecule has 2 aliphatic heterocycles. The van der Waals surface area contributed by atoms with Gasteiger partial charge in [0.2, 0.25) is 0 Å². The van der Waals surface area contributed by atoms with Gasteiger partial charge < -0.3 is 25.4 Å². The number of rotatable bonds is 10. The number of nitrogens with one attached hydrogen (secondary N) is 3. The van der Waals surface area contributed by atoms with Crippen LogP contribution in [0.25, 0.3) is 33.2 Å². The number of anilines is 2. The highest BCUT2D eigenvalue weighted by molar-refractivity contribution is 5.97. The molecule has 0 bridgehead atoms. The number of H-pyrrole nitrogens is 1. The van der Waals surface area contributed by atoms with Crippen molar-refractivity contribution in [2.45, 2.75) is 25.8 Å². The number of fused-ring (bicyclic) bond motifs is 2. The number of imidazole rings is 1. The van der Waals surface area contributed by atoms with Crippen molar-refractivity contribution in [1.29, 1.82) is 0 Å². The Labute approximate surface area is 263 Å². The second kappa shape index (κ2) is 13.3. The minimum Gasteiger partial charge on any atom is -0.355 e. The average molecular weight is 604 g/mol. The van der Waals surface area contributed by atoms with E-state index in [9.17, 15) is 4.79 Å². The summed E-state index contributed by atoms with van der Waals surface area (Å²) < 4.78 is 0. The molecule has 10 nitrogen and oxygen atoms in total. The molecule has 7 rings (SSSR count). The second-order valence-corrected chi connectivity index (χ2v) is 12.3. The molecular formula is C35H41N9O. The Morgan fingerprint density at radius 1 is 0.889 bits per heavy atom. The van der Waals surface area contributed by atoms with E-state index in [1.165, 1.54) is 31.5 Å². The number of carbonyl (C=O) groups is 1. The number of hydrogen-bond acceptors (Lipinski definition) is 8. The minimum absolute atomic E-state index is 0.180. The second-order valence-electron chi connectivity index (χ2n) is 12.3. The number of nitrogens with zero attached hydrogens (tertiary/aromatic N) is 6. The molecule has 5 heterocycles. The van der Waals surface area contributed by atoms with Crippen LogP contribution >= 0.6 is 0 Å². The molecule has 2 aromatic carbocycles. The van der Waals surface area contributed by atoms with Crippen LogP contribution in [-0.2, 0) is 6.54 Å².